The average molecular weight is 384 g/mol. The largest absolute Gasteiger partial charge is 0.382 e. The van der Waals surface area contributed by atoms with Gasteiger partial charge in [0.1, 0.15) is 0 Å². The van der Waals surface area contributed by atoms with Gasteiger partial charge >= 0.3 is 6.03 Å². The molecule has 1 aliphatic carbocycles. The Hall–Kier alpha value is -3.87. The van der Waals surface area contributed by atoms with E-state index in [4.69, 9.17) is 5.73 Å². The lowest BCUT2D eigenvalue weighted by Gasteiger charge is -2.10. The molecule has 0 saturated heterocycles. The van der Waals surface area contributed by atoms with Gasteiger partial charge in [-0.2, -0.15) is 5.10 Å². The number of nitrogens with two attached hydrogens (primary N) is 1. The van der Waals surface area contributed by atoms with Gasteiger partial charge in [-0.15, -0.1) is 0 Å². The van der Waals surface area contributed by atoms with E-state index in [9.17, 15) is 4.79 Å². The number of hydrogen-bond donors (Lipinski definition) is 4. The molecule has 144 valence electrons. The van der Waals surface area contributed by atoms with Crippen LogP contribution in [0.25, 0.3) is 22.2 Å². The molecule has 2 heterocycles. The second-order valence-electron chi connectivity index (χ2n) is 7.22. The molecule has 29 heavy (non-hydrogen) atoms. The van der Waals surface area contributed by atoms with E-state index in [-0.39, 0.29) is 6.03 Å². The van der Waals surface area contributed by atoms with Crippen LogP contribution in [0.1, 0.15) is 24.5 Å². The van der Waals surface area contributed by atoms with E-state index >= 15 is 0 Å². The lowest BCUT2D eigenvalue weighted by atomic mass is 10.0. The van der Waals surface area contributed by atoms with E-state index in [0.717, 1.165) is 27.9 Å². The van der Waals surface area contributed by atoms with Crippen molar-refractivity contribution in [3.63, 3.8) is 0 Å². The van der Waals surface area contributed by atoms with E-state index in [0.29, 0.717) is 23.1 Å². The standard InChI is InChI=1S/C22H20N6O/c23-20-19-17(12-18(14-6-7-14)26-21(19)28-27-20)13-8-10-16(11-9-13)25-22(29)24-15-4-2-1-3-5-15/h1-5,8-12,14H,6-7H2,(H2,24,25,29)(H3,23,26,27,28). The first-order valence-electron chi connectivity index (χ1n) is 9.55. The van der Waals surface area contributed by atoms with Crippen molar-refractivity contribution in [2.45, 2.75) is 18.8 Å². The molecule has 5 N–H and O–H groups in total. The summed E-state index contributed by atoms with van der Waals surface area (Å²) in [6.45, 7) is 0. The highest BCUT2D eigenvalue weighted by molar-refractivity contribution is 6.01. The maximum atomic E-state index is 12.2. The van der Waals surface area contributed by atoms with Gasteiger partial charge in [0, 0.05) is 23.0 Å². The molecule has 0 aliphatic heterocycles. The minimum atomic E-state index is -0.287. The Balaban J connectivity index is 1.40. The number of aromatic nitrogens is 3. The Labute approximate surface area is 167 Å². The highest BCUT2D eigenvalue weighted by atomic mass is 16.2. The first-order chi connectivity index (χ1) is 14.2. The van der Waals surface area contributed by atoms with Crippen LogP contribution in [-0.4, -0.2) is 21.2 Å². The number of amides is 2. The Morgan fingerprint density at radius 2 is 1.69 bits per heavy atom. The van der Waals surface area contributed by atoms with Crippen molar-refractivity contribution in [1.29, 1.82) is 0 Å². The lowest BCUT2D eigenvalue weighted by molar-refractivity contribution is 0.262. The average Bonchev–Trinajstić information content (AvgIpc) is 3.52. The van der Waals surface area contributed by atoms with E-state index in [1.54, 1.807) is 0 Å². The fraction of sp³-hybridized carbons (Fsp3) is 0.136. The molecule has 1 saturated carbocycles. The number of para-hydroxylation sites is 1. The van der Waals surface area contributed by atoms with Crippen LogP contribution in [0.2, 0.25) is 0 Å². The van der Waals surface area contributed by atoms with Crippen LogP contribution in [0.4, 0.5) is 22.0 Å². The molecular formula is C22H20N6O. The summed E-state index contributed by atoms with van der Waals surface area (Å²) in [5.41, 5.74) is 11.3. The molecule has 1 aliphatic rings. The van der Waals surface area contributed by atoms with Crippen LogP contribution < -0.4 is 16.4 Å². The number of urea groups is 1. The molecule has 0 radical (unpaired) electrons. The molecule has 0 spiro atoms. The molecule has 0 unspecified atom stereocenters. The van der Waals surface area contributed by atoms with Crippen LogP contribution in [0, 0.1) is 0 Å². The van der Waals surface area contributed by atoms with Gasteiger partial charge in [0.25, 0.3) is 0 Å². The number of carbonyl (C=O) groups is 1. The molecule has 0 atom stereocenters. The summed E-state index contributed by atoms with van der Waals surface area (Å²) in [5, 5.41) is 13.5. The number of rotatable bonds is 4. The van der Waals surface area contributed by atoms with Crippen molar-refractivity contribution >= 4 is 34.3 Å². The lowest BCUT2D eigenvalue weighted by Crippen LogP contribution is -2.19. The third-order valence-electron chi connectivity index (χ3n) is 5.06. The summed E-state index contributed by atoms with van der Waals surface area (Å²) >= 11 is 0. The summed E-state index contributed by atoms with van der Waals surface area (Å²) in [6, 6.07) is 18.8. The Morgan fingerprint density at radius 1 is 1.00 bits per heavy atom. The first kappa shape index (κ1) is 17.2. The minimum absolute atomic E-state index is 0.287. The Bertz CT molecular complexity index is 1180. The number of hydrogen-bond acceptors (Lipinski definition) is 4. The second-order valence-corrected chi connectivity index (χ2v) is 7.22. The number of nitrogens with zero attached hydrogens (tertiary/aromatic N) is 2. The first-order valence-corrected chi connectivity index (χ1v) is 9.55. The highest BCUT2D eigenvalue weighted by Gasteiger charge is 2.27. The summed E-state index contributed by atoms with van der Waals surface area (Å²) < 4.78 is 0. The zero-order valence-electron chi connectivity index (χ0n) is 15.6. The molecule has 7 nitrogen and oxygen atoms in total. The van der Waals surface area contributed by atoms with Crippen LogP contribution in [0.5, 0.6) is 0 Å². The van der Waals surface area contributed by atoms with E-state index in [2.05, 4.69) is 31.9 Å². The normalized spacial score (nSPS) is 13.4. The SMILES string of the molecule is Nc1n[nH]c2nc(C3CC3)cc(-c3ccc(NC(=O)Nc4ccccc4)cc3)c12. The quantitative estimate of drug-likeness (QED) is 0.408. The zero-order chi connectivity index (χ0) is 19.8. The summed E-state index contributed by atoms with van der Waals surface area (Å²) in [5.74, 6) is 0.958. The molecule has 7 heteroatoms. The summed E-state index contributed by atoms with van der Waals surface area (Å²) in [6.07, 6.45) is 2.34. The number of H-pyrrole nitrogens is 1. The second kappa shape index (κ2) is 6.94. The predicted molar refractivity (Wildman–Crippen MR) is 115 cm³/mol. The number of aromatic amines is 1. The van der Waals surface area contributed by atoms with E-state index in [1.807, 2.05) is 54.6 Å². The predicted octanol–water partition coefficient (Wildman–Crippen LogP) is 4.73. The van der Waals surface area contributed by atoms with Crippen molar-refractivity contribution in [3.8, 4) is 11.1 Å². The van der Waals surface area contributed by atoms with Gasteiger partial charge in [0.15, 0.2) is 11.5 Å². The molecule has 2 aromatic carbocycles. The number of benzene rings is 2. The van der Waals surface area contributed by atoms with Gasteiger partial charge in [-0.1, -0.05) is 30.3 Å². The van der Waals surface area contributed by atoms with Gasteiger partial charge in [-0.3, -0.25) is 5.10 Å². The van der Waals surface area contributed by atoms with E-state index in [1.165, 1.54) is 12.8 Å². The van der Waals surface area contributed by atoms with Crippen LogP contribution in [0.15, 0.2) is 60.7 Å². The third kappa shape index (κ3) is 3.50. The third-order valence-corrected chi connectivity index (χ3v) is 5.06. The molecule has 0 bridgehead atoms. The van der Waals surface area contributed by atoms with Gasteiger partial charge in [0.05, 0.1) is 5.39 Å². The van der Waals surface area contributed by atoms with Gasteiger partial charge in [0.2, 0.25) is 0 Å². The van der Waals surface area contributed by atoms with Gasteiger partial charge in [-0.05, 0) is 54.3 Å². The maximum absolute atomic E-state index is 12.2. The van der Waals surface area contributed by atoms with Crippen molar-refractivity contribution in [3.05, 3.63) is 66.4 Å². The summed E-state index contributed by atoms with van der Waals surface area (Å²) in [4.78, 5) is 16.9. The Kier molecular flexibility index (Phi) is 4.13. The highest BCUT2D eigenvalue weighted by Crippen LogP contribution is 2.42. The van der Waals surface area contributed by atoms with Crippen LogP contribution in [-0.2, 0) is 0 Å². The smallest absolute Gasteiger partial charge is 0.323 e. The van der Waals surface area contributed by atoms with Crippen molar-refractivity contribution in [2.24, 2.45) is 0 Å². The molecule has 4 aromatic rings. The van der Waals surface area contributed by atoms with Crippen molar-refractivity contribution in [1.82, 2.24) is 15.2 Å². The Morgan fingerprint density at radius 3 is 2.38 bits per heavy atom. The van der Waals surface area contributed by atoms with Gasteiger partial charge in [-0.25, -0.2) is 9.78 Å². The fourth-order valence-corrected chi connectivity index (χ4v) is 3.44. The number of anilines is 3. The molecule has 5 rings (SSSR count). The topological polar surface area (TPSA) is 109 Å². The number of nitrogens with one attached hydrogen (secondary N) is 3. The molecule has 1 fully saturated rings. The maximum Gasteiger partial charge on any atom is 0.323 e. The molecule has 2 aromatic heterocycles. The number of nitrogen functional groups attached to an aromatic ring is 1. The number of pyridine rings is 1. The fourth-order valence-electron chi connectivity index (χ4n) is 3.44. The summed E-state index contributed by atoms with van der Waals surface area (Å²) in [7, 11) is 0. The van der Waals surface area contributed by atoms with Crippen LogP contribution in [0.3, 0.4) is 0 Å². The molecular weight excluding hydrogens is 364 g/mol. The minimum Gasteiger partial charge on any atom is -0.382 e. The number of fused-ring (bicyclic) bond motifs is 1. The monoisotopic (exact) mass is 384 g/mol. The number of carbonyl (C=O) groups excluding carboxylic acids is 1. The van der Waals surface area contributed by atoms with Crippen LogP contribution >= 0.6 is 0 Å². The van der Waals surface area contributed by atoms with Crippen molar-refractivity contribution < 1.29 is 4.79 Å². The van der Waals surface area contributed by atoms with E-state index < -0.39 is 0 Å². The van der Waals surface area contributed by atoms with Crippen molar-refractivity contribution in [2.75, 3.05) is 16.4 Å². The molecule has 2 amide bonds. The zero-order valence-corrected chi connectivity index (χ0v) is 15.6. The van der Waals surface area contributed by atoms with Gasteiger partial charge < -0.3 is 16.4 Å².